The molecular weight excluding hydrogens is 325 g/mol. The standard InChI is InChI=1S/C12H11FO3.C6H7NO.CH4/c13-9-3-1-8(2-4-9)7-10(14)12(5-6-12)11(15)16;7-5-1-3-6(8)4-2-5;/h1-4H,5-7H2,(H,15,16);1-4,8H,7H2;1H4. The highest BCUT2D eigenvalue weighted by Crippen LogP contribution is 2.47. The average Bonchev–Trinajstić information content (AvgIpc) is 3.35. The van der Waals surface area contributed by atoms with Crippen LogP contribution in [0.3, 0.4) is 0 Å². The molecule has 6 heteroatoms. The Labute approximate surface area is 145 Å². The predicted molar refractivity (Wildman–Crippen MR) is 93.7 cm³/mol. The Morgan fingerprint density at radius 3 is 1.96 bits per heavy atom. The molecule has 0 atom stereocenters. The molecule has 1 saturated carbocycles. The van der Waals surface area contributed by atoms with E-state index in [4.69, 9.17) is 15.9 Å². The average molecular weight is 347 g/mol. The highest BCUT2D eigenvalue weighted by Gasteiger charge is 2.56. The number of halogens is 1. The normalized spacial score (nSPS) is 13.6. The van der Waals surface area contributed by atoms with Crippen molar-refractivity contribution in [2.24, 2.45) is 5.41 Å². The van der Waals surface area contributed by atoms with Crippen LogP contribution in [0.25, 0.3) is 0 Å². The van der Waals surface area contributed by atoms with Gasteiger partial charge in [-0.2, -0.15) is 0 Å². The molecule has 3 rings (SSSR count). The van der Waals surface area contributed by atoms with Gasteiger partial charge in [-0.3, -0.25) is 9.59 Å². The van der Waals surface area contributed by atoms with Crippen molar-refractivity contribution in [1.82, 2.24) is 0 Å². The highest BCUT2D eigenvalue weighted by molar-refractivity contribution is 6.06. The third-order valence-electron chi connectivity index (χ3n) is 3.86. The van der Waals surface area contributed by atoms with Crippen LogP contribution < -0.4 is 5.73 Å². The van der Waals surface area contributed by atoms with Gasteiger partial charge < -0.3 is 15.9 Å². The second kappa shape index (κ2) is 8.28. The van der Waals surface area contributed by atoms with E-state index in [9.17, 15) is 14.0 Å². The maximum atomic E-state index is 12.6. The van der Waals surface area contributed by atoms with Crippen LogP contribution in [0.15, 0.2) is 48.5 Å². The summed E-state index contributed by atoms with van der Waals surface area (Å²) in [6, 6.07) is 11.9. The van der Waals surface area contributed by atoms with Crippen LogP contribution in [0.1, 0.15) is 25.8 Å². The van der Waals surface area contributed by atoms with E-state index in [1.807, 2.05) is 0 Å². The fourth-order valence-corrected chi connectivity index (χ4v) is 2.17. The third kappa shape index (κ3) is 5.31. The number of carbonyl (C=O) groups is 2. The zero-order valence-electron chi connectivity index (χ0n) is 12.9. The molecule has 0 aliphatic heterocycles. The first-order valence-corrected chi connectivity index (χ1v) is 7.39. The molecule has 0 amide bonds. The Morgan fingerprint density at radius 1 is 1.04 bits per heavy atom. The van der Waals surface area contributed by atoms with E-state index >= 15 is 0 Å². The van der Waals surface area contributed by atoms with Crippen LogP contribution in [0.5, 0.6) is 5.75 Å². The van der Waals surface area contributed by atoms with Gasteiger partial charge in [0, 0.05) is 12.1 Å². The second-order valence-electron chi connectivity index (χ2n) is 5.71. The minimum atomic E-state index is -1.16. The van der Waals surface area contributed by atoms with Crippen LogP contribution in [0, 0.1) is 11.2 Å². The van der Waals surface area contributed by atoms with Crippen LogP contribution in [0.2, 0.25) is 0 Å². The number of Topliss-reactive ketones (excluding diaryl/α,β-unsaturated/α-hetero) is 1. The summed E-state index contributed by atoms with van der Waals surface area (Å²) in [5.74, 6) is -1.44. The summed E-state index contributed by atoms with van der Waals surface area (Å²) in [6.45, 7) is 0. The molecule has 0 heterocycles. The maximum absolute atomic E-state index is 12.6. The topological polar surface area (TPSA) is 101 Å². The molecule has 1 aliphatic rings. The molecular formula is C19H22FNO4. The van der Waals surface area contributed by atoms with E-state index in [-0.39, 0.29) is 31.2 Å². The van der Waals surface area contributed by atoms with E-state index in [0.717, 1.165) is 0 Å². The molecule has 4 N–H and O–H groups in total. The quantitative estimate of drug-likeness (QED) is 0.447. The largest absolute Gasteiger partial charge is 0.508 e. The van der Waals surface area contributed by atoms with Gasteiger partial charge in [0.05, 0.1) is 0 Å². The summed E-state index contributed by atoms with van der Waals surface area (Å²) in [5, 5.41) is 17.6. The highest BCUT2D eigenvalue weighted by atomic mass is 19.1. The summed E-state index contributed by atoms with van der Waals surface area (Å²) < 4.78 is 12.6. The van der Waals surface area contributed by atoms with E-state index < -0.39 is 11.4 Å². The van der Waals surface area contributed by atoms with Gasteiger partial charge in [0.2, 0.25) is 0 Å². The molecule has 5 nitrogen and oxygen atoms in total. The SMILES string of the molecule is C.Nc1ccc(O)cc1.O=C(O)C1(C(=O)Cc2ccc(F)cc2)CC1. The van der Waals surface area contributed by atoms with E-state index in [1.54, 1.807) is 24.3 Å². The number of carbonyl (C=O) groups excluding carboxylic acids is 1. The minimum absolute atomic E-state index is 0. The van der Waals surface area contributed by atoms with Gasteiger partial charge >= 0.3 is 5.97 Å². The Kier molecular flexibility index (Phi) is 6.68. The molecule has 0 spiro atoms. The Balaban J connectivity index is 0.000000295. The maximum Gasteiger partial charge on any atom is 0.317 e. The van der Waals surface area contributed by atoms with Gasteiger partial charge in [0.1, 0.15) is 17.0 Å². The second-order valence-corrected chi connectivity index (χ2v) is 5.71. The minimum Gasteiger partial charge on any atom is -0.508 e. The lowest BCUT2D eigenvalue weighted by atomic mass is 9.95. The number of nitrogen functional groups attached to an aromatic ring is 1. The van der Waals surface area contributed by atoms with Crippen LogP contribution >= 0.6 is 0 Å². The lowest BCUT2D eigenvalue weighted by Gasteiger charge is -2.08. The van der Waals surface area contributed by atoms with Crippen molar-refractivity contribution in [3.05, 3.63) is 59.9 Å². The lowest BCUT2D eigenvalue weighted by Crippen LogP contribution is -2.26. The first kappa shape index (κ1) is 20.2. The van der Waals surface area contributed by atoms with E-state index in [1.165, 1.54) is 24.3 Å². The molecule has 0 bridgehead atoms. The van der Waals surface area contributed by atoms with Gasteiger partial charge in [0.25, 0.3) is 0 Å². The number of anilines is 1. The van der Waals surface area contributed by atoms with Crippen LogP contribution in [-0.2, 0) is 16.0 Å². The van der Waals surface area contributed by atoms with Gasteiger partial charge in [0.15, 0.2) is 5.78 Å². The van der Waals surface area contributed by atoms with Crippen LogP contribution in [-0.4, -0.2) is 22.0 Å². The van der Waals surface area contributed by atoms with Gasteiger partial charge in [-0.15, -0.1) is 0 Å². The number of carboxylic acids is 1. The molecule has 0 saturated heterocycles. The molecule has 1 fully saturated rings. The fraction of sp³-hybridized carbons (Fsp3) is 0.263. The van der Waals surface area contributed by atoms with Crippen molar-refractivity contribution in [2.75, 3.05) is 5.73 Å². The zero-order valence-corrected chi connectivity index (χ0v) is 12.9. The number of hydrogen-bond acceptors (Lipinski definition) is 4. The third-order valence-corrected chi connectivity index (χ3v) is 3.86. The smallest absolute Gasteiger partial charge is 0.317 e. The summed E-state index contributed by atoms with van der Waals surface area (Å²) in [5.41, 5.74) is 5.48. The van der Waals surface area contributed by atoms with Gasteiger partial charge in [-0.1, -0.05) is 19.6 Å². The molecule has 0 aromatic heterocycles. The molecule has 134 valence electrons. The van der Waals surface area contributed by atoms with Crippen molar-refractivity contribution in [3.63, 3.8) is 0 Å². The Bertz CT molecular complexity index is 701. The van der Waals surface area contributed by atoms with Gasteiger partial charge in [-0.25, -0.2) is 4.39 Å². The molecule has 2 aromatic carbocycles. The Morgan fingerprint density at radius 2 is 1.56 bits per heavy atom. The number of benzene rings is 2. The number of rotatable bonds is 4. The van der Waals surface area contributed by atoms with Crippen molar-refractivity contribution in [2.45, 2.75) is 26.7 Å². The van der Waals surface area contributed by atoms with E-state index in [2.05, 4.69) is 0 Å². The number of ketones is 1. The van der Waals surface area contributed by atoms with Crippen LogP contribution in [0.4, 0.5) is 10.1 Å². The number of aromatic hydroxyl groups is 1. The molecule has 0 radical (unpaired) electrons. The fourth-order valence-electron chi connectivity index (χ4n) is 2.17. The number of carboxylic acid groups (broad SMARTS) is 1. The molecule has 2 aromatic rings. The summed E-state index contributed by atoms with van der Waals surface area (Å²) >= 11 is 0. The van der Waals surface area contributed by atoms with Crippen molar-refractivity contribution < 1.29 is 24.2 Å². The monoisotopic (exact) mass is 347 g/mol. The molecule has 1 aliphatic carbocycles. The summed E-state index contributed by atoms with van der Waals surface area (Å²) in [7, 11) is 0. The number of hydrogen-bond donors (Lipinski definition) is 3. The van der Waals surface area contributed by atoms with Crippen molar-refractivity contribution in [1.29, 1.82) is 0 Å². The molecule has 25 heavy (non-hydrogen) atoms. The number of nitrogens with two attached hydrogens (primary N) is 1. The first-order chi connectivity index (χ1) is 11.3. The Hall–Kier alpha value is -2.89. The molecule has 0 unspecified atom stereocenters. The number of aliphatic carboxylic acids is 1. The first-order valence-electron chi connectivity index (χ1n) is 7.39. The number of phenolic OH excluding ortho intramolecular Hbond substituents is 1. The zero-order chi connectivity index (χ0) is 17.7. The van der Waals surface area contributed by atoms with Gasteiger partial charge in [-0.05, 0) is 54.8 Å². The summed E-state index contributed by atoms with van der Waals surface area (Å²) in [4.78, 5) is 22.6. The lowest BCUT2D eigenvalue weighted by molar-refractivity contribution is -0.148. The summed E-state index contributed by atoms with van der Waals surface area (Å²) in [6.07, 6.45) is 0.900. The van der Waals surface area contributed by atoms with Crippen molar-refractivity contribution in [3.8, 4) is 5.75 Å². The number of phenols is 1. The predicted octanol–water partition coefficient (Wildman–Crippen LogP) is 3.41. The van der Waals surface area contributed by atoms with Crippen molar-refractivity contribution >= 4 is 17.4 Å². The van der Waals surface area contributed by atoms with E-state index in [0.29, 0.717) is 24.1 Å².